The van der Waals surface area contributed by atoms with Gasteiger partial charge >= 0.3 is 6.09 Å². The lowest BCUT2D eigenvalue weighted by Gasteiger charge is -2.27. The highest BCUT2D eigenvalue weighted by molar-refractivity contribution is 5.94. The van der Waals surface area contributed by atoms with Crippen molar-refractivity contribution in [2.45, 2.75) is 59.0 Å². The molecule has 4 N–H and O–H groups in total. The predicted octanol–water partition coefficient (Wildman–Crippen LogP) is 1.16. The zero-order valence-corrected chi connectivity index (χ0v) is 18.5. The number of hydrazine groups is 1. The number of nitrogens with two attached hydrogens (primary N) is 1. The molecule has 1 aliphatic carbocycles. The van der Waals surface area contributed by atoms with Gasteiger partial charge in [0.1, 0.15) is 11.3 Å². The first-order valence-electron chi connectivity index (χ1n) is 10.1. The Labute approximate surface area is 182 Å². The minimum absolute atomic E-state index is 0.0398. The van der Waals surface area contributed by atoms with Crippen LogP contribution in [0.2, 0.25) is 0 Å². The maximum atomic E-state index is 12.1. The molecule has 11 heteroatoms. The minimum Gasteiger partial charge on any atom is -0.442 e. The van der Waals surface area contributed by atoms with Gasteiger partial charge in [-0.25, -0.2) is 14.8 Å². The molecular formula is C20H32N6O5. The molecule has 0 aliphatic heterocycles. The molecule has 0 unspecified atom stereocenters. The molecule has 11 nitrogen and oxygen atoms in total. The van der Waals surface area contributed by atoms with Crippen LogP contribution in [0.4, 0.5) is 4.79 Å². The van der Waals surface area contributed by atoms with Crippen molar-refractivity contribution in [2.75, 3.05) is 13.1 Å². The Morgan fingerprint density at radius 1 is 1.23 bits per heavy atom. The largest absolute Gasteiger partial charge is 0.442 e. The molecule has 1 saturated carbocycles. The summed E-state index contributed by atoms with van der Waals surface area (Å²) in [5.41, 5.74) is 6.57. The summed E-state index contributed by atoms with van der Waals surface area (Å²) in [4.78, 5) is 54.4. The van der Waals surface area contributed by atoms with Gasteiger partial charge in [-0.3, -0.25) is 24.8 Å². The number of hydrogen-bond donors (Lipinski definition) is 3. The normalized spacial score (nSPS) is 13.0. The van der Waals surface area contributed by atoms with Gasteiger partial charge in [-0.05, 0) is 26.7 Å². The summed E-state index contributed by atoms with van der Waals surface area (Å²) in [6, 6.07) is 0. The lowest BCUT2D eigenvalue weighted by atomic mass is 9.88. The second-order valence-electron chi connectivity index (χ2n) is 8.19. The summed E-state index contributed by atoms with van der Waals surface area (Å²) >= 11 is 0. The number of carbonyl (C=O) groups is 4. The van der Waals surface area contributed by atoms with Crippen LogP contribution in [-0.2, 0) is 14.3 Å². The Bertz CT molecular complexity index is 746. The first-order chi connectivity index (χ1) is 14.5. The molecule has 0 atom stereocenters. The van der Waals surface area contributed by atoms with Crippen LogP contribution in [0.15, 0.2) is 18.6 Å². The van der Waals surface area contributed by atoms with E-state index < -0.39 is 36.0 Å². The molecule has 0 saturated heterocycles. The molecule has 4 amide bonds. The van der Waals surface area contributed by atoms with Crippen molar-refractivity contribution in [2.24, 2.45) is 11.7 Å². The van der Waals surface area contributed by atoms with Crippen molar-refractivity contribution in [3.8, 4) is 0 Å². The van der Waals surface area contributed by atoms with E-state index in [0.717, 1.165) is 10.9 Å². The summed E-state index contributed by atoms with van der Waals surface area (Å²) in [7, 11) is 0. The number of carbonyl (C=O) groups excluding carboxylic acids is 4. The number of amides is 4. The zero-order valence-electron chi connectivity index (χ0n) is 18.5. The monoisotopic (exact) mass is 436 g/mol. The third-order valence-electron chi connectivity index (χ3n) is 4.05. The maximum Gasteiger partial charge on any atom is 0.429 e. The van der Waals surface area contributed by atoms with Crippen molar-refractivity contribution in [1.82, 2.24) is 25.7 Å². The van der Waals surface area contributed by atoms with E-state index in [2.05, 4.69) is 27.6 Å². The van der Waals surface area contributed by atoms with Gasteiger partial charge in [0.15, 0.2) is 0 Å². The van der Waals surface area contributed by atoms with Crippen LogP contribution >= 0.6 is 0 Å². The average molecular weight is 437 g/mol. The Kier molecular flexibility index (Phi) is 10.4. The molecule has 31 heavy (non-hydrogen) atoms. The van der Waals surface area contributed by atoms with E-state index in [0.29, 0.717) is 0 Å². The number of rotatable bonds is 6. The van der Waals surface area contributed by atoms with Gasteiger partial charge in [-0.1, -0.05) is 26.2 Å². The van der Waals surface area contributed by atoms with Gasteiger partial charge in [0.25, 0.3) is 11.8 Å². The number of nitrogens with one attached hydrogen (secondary N) is 2. The van der Waals surface area contributed by atoms with E-state index in [9.17, 15) is 19.2 Å². The van der Waals surface area contributed by atoms with E-state index in [1.54, 1.807) is 20.8 Å². The molecule has 0 aromatic carbocycles. The van der Waals surface area contributed by atoms with E-state index in [1.807, 2.05) is 0 Å². The number of hydrogen-bond acceptors (Lipinski definition) is 7. The van der Waals surface area contributed by atoms with Gasteiger partial charge in [0, 0.05) is 18.8 Å². The fraction of sp³-hybridized carbons (Fsp3) is 0.600. The standard InChI is InChI=1S/C15H22N6O5.C5H10/c1-15(2,3)26-14(25)21(7-4-11(16)22)20-12(23)9-19-13(24)10-8-17-5-6-18-10;1-5-3-2-4-5/h5-6,8H,4,7,9H2,1-3H3,(H2,16,22)(H,19,24)(H,20,23);5H,2-4H2,1H3. The van der Waals surface area contributed by atoms with Crippen molar-refractivity contribution in [3.05, 3.63) is 24.3 Å². The highest BCUT2D eigenvalue weighted by Crippen LogP contribution is 2.24. The Hall–Kier alpha value is -3.24. The molecule has 172 valence electrons. The molecule has 1 fully saturated rings. The van der Waals surface area contributed by atoms with Crippen LogP contribution in [0.1, 0.15) is 63.9 Å². The number of primary amides is 1. The first-order valence-corrected chi connectivity index (χ1v) is 10.1. The minimum atomic E-state index is -0.854. The van der Waals surface area contributed by atoms with Crippen molar-refractivity contribution in [3.63, 3.8) is 0 Å². The van der Waals surface area contributed by atoms with Crippen molar-refractivity contribution in [1.29, 1.82) is 0 Å². The molecule has 1 heterocycles. The lowest BCUT2D eigenvalue weighted by molar-refractivity contribution is -0.126. The lowest BCUT2D eigenvalue weighted by Crippen LogP contribution is -2.51. The second-order valence-corrected chi connectivity index (χ2v) is 8.19. The maximum absolute atomic E-state index is 12.1. The van der Waals surface area contributed by atoms with Crippen molar-refractivity contribution < 1.29 is 23.9 Å². The average Bonchev–Trinajstić information content (AvgIpc) is 2.67. The third-order valence-corrected chi connectivity index (χ3v) is 4.05. The Balaban J connectivity index is 0.000000836. The topological polar surface area (TPSA) is 157 Å². The van der Waals surface area contributed by atoms with Crippen LogP contribution in [0.3, 0.4) is 0 Å². The van der Waals surface area contributed by atoms with Crippen LogP contribution in [0.25, 0.3) is 0 Å². The molecule has 1 aromatic rings. The van der Waals surface area contributed by atoms with Crippen LogP contribution in [-0.4, -0.2) is 57.5 Å². The summed E-state index contributed by atoms with van der Waals surface area (Å²) in [6.45, 7) is 6.67. The summed E-state index contributed by atoms with van der Waals surface area (Å²) in [5.74, 6) is -0.884. The summed E-state index contributed by atoms with van der Waals surface area (Å²) in [5, 5.41) is 3.16. The first kappa shape index (κ1) is 25.8. The molecule has 1 aliphatic rings. The predicted molar refractivity (Wildman–Crippen MR) is 112 cm³/mol. The SMILES string of the molecule is CC(C)(C)OC(=O)N(CCC(N)=O)NC(=O)CNC(=O)c1cnccn1.CC1CCC1. The van der Waals surface area contributed by atoms with Gasteiger partial charge in [-0.2, -0.15) is 0 Å². The van der Waals surface area contributed by atoms with E-state index >= 15 is 0 Å². The molecular weight excluding hydrogens is 404 g/mol. The molecule has 0 spiro atoms. The van der Waals surface area contributed by atoms with Gasteiger partial charge < -0.3 is 15.8 Å². The molecule has 0 radical (unpaired) electrons. The van der Waals surface area contributed by atoms with Crippen molar-refractivity contribution >= 4 is 23.8 Å². The highest BCUT2D eigenvalue weighted by Gasteiger charge is 2.24. The van der Waals surface area contributed by atoms with Gasteiger partial charge in [-0.15, -0.1) is 0 Å². The quantitative estimate of drug-likeness (QED) is 0.565. The van der Waals surface area contributed by atoms with Gasteiger partial charge in [0.2, 0.25) is 5.91 Å². The van der Waals surface area contributed by atoms with E-state index in [1.165, 1.54) is 37.9 Å². The molecule has 0 bridgehead atoms. The number of aromatic nitrogens is 2. The molecule has 2 rings (SSSR count). The fourth-order valence-electron chi connectivity index (χ4n) is 2.20. The summed E-state index contributed by atoms with van der Waals surface area (Å²) < 4.78 is 5.14. The summed E-state index contributed by atoms with van der Waals surface area (Å²) in [6.07, 6.45) is 7.41. The second kappa shape index (κ2) is 12.5. The van der Waals surface area contributed by atoms with Crippen LogP contribution < -0.4 is 16.5 Å². The number of ether oxygens (including phenoxy) is 1. The fourth-order valence-corrected chi connectivity index (χ4v) is 2.20. The smallest absolute Gasteiger partial charge is 0.429 e. The highest BCUT2D eigenvalue weighted by atomic mass is 16.6. The zero-order chi connectivity index (χ0) is 23.4. The van der Waals surface area contributed by atoms with Crippen LogP contribution in [0.5, 0.6) is 0 Å². The third kappa shape index (κ3) is 11.5. The van der Waals surface area contributed by atoms with Crippen LogP contribution in [0, 0.1) is 5.92 Å². The van der Waals surface area contributed by atoms with E-state index in [4.69, 9.17) is 10.5 Å². The Morgan fingerprint density at radius 3 is 2.32 bits per heavy atom. The Morgan fingerprint density at radius 2 is 1.87 bits per heavy atom. The molecule has 1 aromatic heterocycles. The number of nitrogens with zero attached hydrogens (tertiary/aromatic N) is 3. The van der Waals surface area contributed by atoms with Gasteiger partial charge in [0.05, 0.1) is 19.3 Å². The van der Waals surface area contributed by atoms with E-state index in [-0.39, 0.29) is 18.7 Å².